The number of amides is 1. The molecule has 5 aromatic rings. The fraction of sp³-hybridized carbons (Fsp3) is 0.214. The quantitative estimate of drug-likeness (QED) is 0.342. The van der Waals surface area contributed by atoms with E-state index in [9.17, 15) is 4.79 Å². The highest BCUT2D eigenvalue weighted by Crippen LogP contribution is 2.31. The molecule has 5 rings (SSSR count). The summed E-state index contributed by atoms with van der Waals surface area (Å²) in [6.07, 6.45) is 5.19. The highest BCUT2D eigenvalue weighted by atomic mass is 16.3. The number of aromatic nitrogens is 4. The van der Waals surface area contributed by atoms with Gasteiger partial charge in [0, 0.05) is 24.0 Å². The van der Waals surface area contributed by atoms with Gasteiger partial charge in [-0.05, 0) is 63.1 Å². The Morgan fingerprint density at radius 2 is 1.71 bits per heavy atom. The van der Waals surface area contributed by atoms with E-state index in [-0.39, 0.29) is 18.0 Å². The minimum Gasteiger partial charge on any atom is -0.466 e. The largest absolute Gasteiger partial charge is 0.466 e. The van der Waals surface area contributed by atoms with Crippen LogP contribution in [-0.4, -0.2) is 25.7 Å². The van der Waals surface area contributed by atoms with E-state index in [1.54, 1.807) is 18.6 Å². The SMILES string of the molecule is Cc1cc(-c2cc(C(=O)NC(c3ccccc3)c3ccncc3)c3cnn(C(C)C)c3n2)c(C)o1. The molecular formula is C28H27N5O2. The summed E-state index contributed by atoms with van der Waals surface area (Å²) < 4.78 is 7.59. The van der Waals surface area contributed by atoms with Gasteiger partial charge in [-0.1, -0.05) is 30.3 Å². The molecule has 1 unspecified atom stereocenters. The van der Waals surface area contributed by atoms with E-state index in [1.807, 2.05) is 87.0 Å². The number of nitrogens with zero attached hydrogens (tertiary/aromatic N) is 4. The maximum Gasteiger partial charge on any atom is 0.252 e. The van der Waals surface area contributed by atoms with E-state index in [2.05, 4.69) is 15.4 Å². The van der Waals surface area contributed by atoms with Crippen LogP contribution >= 0.6 is 0 Å². The van der Waals surface area contributed by atoms with Crippen LogP contribution in [-0.2, 0) is 0 Å². The fourth-order valence-electron chi connectivity index (χ4n) is 4.38. The lowest BCUT2D eigenvalue weighted by Crippen LogP contribution is -2.29. The summed E-state index contributed by atoms with van der Waals surface area (Å²) >= 11 is 0. The lowest BCUT2D eigenvalue weighted by atomic mass is 9.98. The minimum absolute atomic E-state index is 0.0900. The third kappa shape index (κ3) is 4.33. The summed E-state index contributed by atoms with van der Waals surface area (Å²) in [7, 11) is 0. The molecule has 0 aliphatic carbocycles. The van der Waals surface area contributed by atoms with Crippen LogP contribution in [0.4, 0.5) is 0 Å². The smallest absolute Gasteiger partial charge is 0.252 e. The number of nitrogens with one attached hydrogen (secondary N) is 1. The van der Waals surface area contributed by atoms with Crippen molar-refractivity contribution in [1.29, 1.82) is 0 Å². The summed E-state index contributed by atoms with van der Waals surface area (Å²) in [5.41, 5.74) is 4.66. The number of hydrogen-bond acceptors (Lipinski definition) is 5. The van der Waals surface area contributed by atoms with E-state index < -0.39 is 0 Å². The summed E-state index contributed by atoms with van der Waals surface area (Å²) in [4.78, 5) is 22.9. The Labute approximate surface area is 203 Å². The van der Waals surface area contributed by atoms with Crippen LogP contribution in [0.25, 0.3) is 22.3 Å². The van der Waals surface area contributed by atoms with E-state index in [0.717, 1.165) is 28.2 Å². The molecule has 1 amide bonds. The van der Waals surface area contributed by atoms with Crippen molar-refractivity contribution >= 4 is 16.9 Å². The van der Waals surface area contributed by atoms with Crippen molar-refractivity contribution in [2.45, 2.75) is 39.8 Å². The van der Waals surface area contributed by atoms with Crippen molar-refractivity contribution < 1.29 is 9.21 Å². The molecule has 35 heavy (non-hydrogen) atoms. The van der Waals surface area contributed by atoms with Gasteiger partial charge >= 0.3 is 0 Å². The first kappa shape index (κ1) is 22.5. The molecule has 0 aliphatic rings. The van der Waals surface area contributed by atoms with Gasteiger partial charge < -0.3 is 9.73 Å². The van der Waals surface area contributed by atoms with Gasteiger partial charge in [-0.15, -0.1) is 0 Å². The molecule has 0 radical (unpaired) electrons. The molecule has 176 valence electrons. The zero-order valence-electron chi connectivity index (χ0n) is 20.2. The Morgan fingerprint density at radius 1 is 1.00 bits per heavy atom. The summed E-state index contributed by atoms with van der Waals surface area (Å²) in [6, 6.07) is 17.3. The topological polar surface area (TPSA) is 85.8 Å². The maximum absolute atomic E-state index is 13.9. The maximum atomic E-state index is 13.9. The average Bonchev–Trinajstić information content (AvgIpc) is 3.45. The lowest BCUT2D eigenvalue weighted by Gasteiger charge is -2.20. The number of furan rings is 1. The van der Waals surface area contributed by atoms with Crippen LogP contribution in [0.3, 0.4) is 0 Å². The van der Waals surface area contributed by atoms with Crippen LogP contribution in [0.1, 0.15) is 58.9 Å². The lowest BCUT2D eigenvalue weighted by molar-refractivity contribution is 0.0944. The number of pyridine rings is 2. The second kappa shape index (κ2) is 9.18. The second-order valence-corrected chi connectivity index (χ2v) is 8.90. The number of carbonyl (C=O) groups is 1. The van der Waals surface area contributed by atoms with Crippen LogP contribution in [0.15, 0.2) is 77.6 Å². The normalized spacial score (nSPS) is 12.3. The van der Waals surface area contributed by atoms with E-state index >= 15 is 0 Å². The Morgan fingerprint density at radius 3 is 2.37 bits per heavy atom. The average molecular weight is 466 g/mol. The first-order chi connectivity index (χ1) is 16.9. The number of aryl methyl sites for hydroxylation is 2. The number of rotatable bonds is 6. The number of carbonyl (C=O) groups excluding carboxylic acids is 1. The van der Waals surface area contributed by atoms with E-state index in [4.69, 9.17) is 9.40 Å². The highest BCUT2D eigenvalue weighted by Gasteiger charge is 2.23. The molecule has 0 spiro atoms. The molecule has 0 bridgehead atoms. The summed E-state index contributed by atoms with van der Waals surface area (Å²) in [5, 5.41) is 8.49. The molecule has 7 heteroatoms. The monoisotopic (exact) mass is 465 g/mol. The highest BCUT2D eigenvalue weighted by molar-refractivity contribution is 6.06. The van der Waals surface area contributed by atoms with Gasteiger partial charge in [-0.3, -0.25) is 9.78 Å². The van der Waals surface area contributed by atoms with Crippen molar-refractivity contribution in [2.75, 3.05) is 0 Å². The molecule has 1 aromatic carbocycles. The molecule has 0 fully saturated rings. The molecule has 0 aliphatic heterocycles. The predicted octanol–water partition coefficient (Wildman–Crippen LogP) is 5.80. The Kier molecular flexibility index (Phi) is 5.91. The molecule has 4 aromatic heterocycles. The number of benzene rings is 1. The first-order valence-electron chi connectivity index (χ1n) is 11.6. The third-order valence-electron chi connectivity index (χ3n) is 6.07. The second-order valence-electron chi connectivity index (χ2n) is 8.90. The van der Waals surface area contributed by atoms with Gasteiger partial charge in [0.2, 0.25) is 0 Å². The summed E-state index contributed by atoms with van der Waals surface area (Å²) in [5.74, 6) is 1.35. The van der Waals surface area contributed by atoms with Gasteiger partial charge in [-0.2, -0.15) is 5.10 Å². The predicted molar refractivity (Wildman–Crippen MR) is 135 cm³/mol. The van der Waals surface area contributed by atoms with Gasteiger partial charge in [0.25, 0.3) is 5.91 Å². The van der Waals surface area contributed by atoms with Crippen molar-refractivity contribution in [3.8, 4) is 11.3 Å². The van der Waals surface area contributed by atoms with Crippen LogP contribution in [0, 0.1) is 13.8 Å². The van der Waals surface area contributed by atoms with Crippen molar-refractivity contribution in [1.82, 2.24) is 25.1 Å². The zero-order chi connectivity index (χ0) is 24.5. The van der Waals surface area contributed by atoms with Crippen LogP contribution < -0.4 is 5.32 Å². The fourth-order valence-corrected chi connectivity index (χ4v) is 4.38. The molecule has 1 atom stereocenters. The third-order valence-corrected chi connectivity index (χ3v) is 6.07. The standard InChI is InChI=1S/C28H27N5O2/c1-17(2)33-27-24(16-30-33)23(15-25(31-27)22-14-18(3)35-19(22)4)28(34)32-26(20-8-6-5-7-9-20)21-10-12-29-13-11-21/h5-17,26H,1-4H3,(H,32,34). The van der Waals surface area contributed by atoms with E-state index in [1.165, 1.54) is 0 Å². The number of fused-ring (bicyclic) bond motifs is 1. The van der Waals surface area contributed by atoms with Crippen LogP contribution in [0.5, 0.6) is 0 Å². The minimum atomic E-state index is -0.337. The van der Waals surface area contributed by atoms with Crippen LogP contribution in [0.2, 0.25) is 0 Å². The van der Waals surface area contributed by atoms with E-state index in [0.29, 0.717) is 22.3 Å². The molecular weight excluding hydrogens is 438 g/mol. The van der Waals surface area contributed by atoms with Crippen molar-refractivity contribution in [3.63, 3.8) is 0 Å². The van der Waals surface area contributed by atoms with Gasteiger partial charge in [-0.25, -0.2) is 9.67 Å². The van der Waals surface area contributed by atoms with Gasteiger partial charge in [0.15, 0.2) is 5.65 Å². The molecule has 0 saturated heterocycles. The Bertz CT molecular complexity index is 1450. The van der Waals surface area contributed by atoms with Gasteiger partial charge in [0.05, 0.1) is 28.9 Å². The molecule has 4 heterocycles. The molecule has 0 saturated carbocycles. The van der Waals surface area contributed by atoms with Crippen molar-refractivity contribution in [3.05, 3.63) is 101 Å². The zero-order valence-corrected chi connectivity index (χ0v) is 20.2. The van der Waals surface area contributed by atoms with Gasteiger partial charge in [0.1, 0.15) is 11.5 Å². The summed E-state index contributed by atoms with van der Waals surface area (Å²) in [6.45, 7) is 7.90. The Hall–Kier alpha value is -4.26. The number of hydrogen-bond donors (Lipinski definition) is 1. The molecule has 7 nitrogen and oxygen atoms in total. The molecule has 1 N–H and O–H groups in total. The van der Waals surface area contributed by atoms with Crippen molar-refractivity contribution in [2.24, 2.45) is 0 Å². The Balaban J connectivity index is 1.63. The first-order valence-corrected chi connectivity index (χ1v) is 11.6.